The van der Waals surface area contributed by atoms with Crippen molar-refractivity contribution in [2.75, 3.05) is 29.2 Å². The normalized spacial score (nSPS) is 12.2. The predicted octanol–water partition coefficient (Wildman–Crippen LogP) is 3.94. The molecule has 1 aromatic heterocycles. The van der Waals surface area contributed by atoms with Crippen molar-refractivity contribution in [2.24, 2.45) is 0 Å². The quantitative estimate of drug-likeness (QED) is 0.637. The Kier molecular flexibility index (Phi) is 4.92. The molecule has 3 aromatic rings. The van der Waals surface area contributed by atoms with Gasteiger partial charge in [-0.3, -0.25) is 0 Å². The minimum absolute atomic E-state index is 0.346. The van der Waals surface area contributed by atoms with Crippen LogP contribution in [-0.2, 0) is 0 Å². The van der Waals surface area contributed by atoms with E-state index in [1.165, 1.54) is 0 Å². The first-order chi connectivity index (χ1) is 13.7. The fourth-order valence-corrected chi connectivity index (χ4v) is 2.66. The van der Waals surface area contributed by atoms with Crippen LogP contribution in [-0.4, -0.2) is 29.4 Å². The minimum Gasteiger partial charge on any atom is -0.486 e. The van der Waals surface area contributed by atoms with Crippen molar-refractivity contribution in [1.82, 2.24) is 10.2 Å². The van der Waals surface area contributed by atoms with Gasteiger partial charge in [-0.15, -0.1) is 5.10 Å². The van der Waals surface area contributed by atoms with Crippen molar-refractivity contribution in [3.05, 3.63) is 60.3 Å². The van der Waals surface area contributed by atoms with Crippen LogP contribution in [0.1, 0.15) is 5.69 Å². The summed E-state index contributed by atoms with van der Waals surface area (Å²) in [7, 11) is 0. The van der Waals surface area contributed by atoms with E-state index in [9.17, 15) is 4.79 Å². The van der Waals surface area contributed by atoms with Gasteiger partial charge in [0.1, 0.15) is 13.2 Å². The molecule has 2 heterocycles. The van der Waals surface area contributed by atoms with E-state index in [2.05, 4.69) is 26.1 Å². The standard InChI is InChI=1S/C20H19N5O3/c1-13-2-9-19(25-24-13)21-14-3-5-15(6-4-14)22-20(26)23-16-7-8-17-18(12-16)28-11-10-27-17/h2-9,12H,10-11H2,1H3,(H,21,25)(H2,22,23,26). The molecule has 4 rings (SSSR count). The lowest BCUT2D eigenvalue weighted by Crippen LogP contribution is -2.20. The van der Waals surface area contributed by atoms with Crippen LogP contribution in [0.25, 0.3) is 0 Å². The molecule has 0 aliphatic carbocycles. The van der Waals surface area contributed by atoms with E-state index in [-0.39, 0.29) is 6.03 Å². The highest BCUT2D eigenvalue weighted by molar-refractivity contribution is 6.00. The molecule has 0 bridgehead atoms. The van der Waals surface area contributed by atoms with Gasteiger partial charge in [-0.2, -0.15) is 5.10 Å². The Bertz CT molecular complexity index is 974. The number of rotatable bonds is 4. The second kappa shape index (κ2) is 7.83. The first-order valence-corrected chi connectivity index (χ1v) is 8.81. The summed E-state index contributed by atoms with van der Waals surface area (Å²) in [6.45, 7) is 2.91. The number of aryl methyl sites for hydroxylation is 1. The van der Waals surface area contributed by atoms with E-state index in [0.29, 0.717) is 41.9 Å². The van der Waals surface area contributed by atoms with E-state index in [0.717, 1.165) is 11.4 Å². The Hall–Kier alpha value is -3.81. The molecule has 0 spiro atoms. The Balaban J connectivity index is 1.35. The van der Waals surface area contributed by atoms with Crippen LogP contribution < -0.4 is 25.4 Å². The summed E-state index contributed by atoms with van der Waals surface area (Å²) in [6, 6.07) is 16.0. The zero-order valence-corrected chi connectivity index (χ0v) is 15.2. The van der Waals surface area contributed by atoms with Gasteiger partial charge >= 0.3 is 6.03 Å². The highest BCUT2D eigenvalue weighted by Crippen LogP contribution is 2.32. The van der Waals surface area contributed by atoms with E-state index in [4.69, 9.17) is 9.47 Å². The Morgan fingerprint density at radius 1 is 0.821 bits per heavy atom. The van der Waals surface area contributed by atoms with E-state index >= 15 is 0 Å². The highest BCUT2D eigenvalue weighted by Gasteiger charge is 2.12. The molecule has 28 heavy (non-hydrogen) atoms. The first kappa shape index (κ1) is 17.6. The Labute approximate surface area is 161 Å². The number of ether oxygens (including phenoxy) is 2. The number of hydrogen-bond acceptors (Lipinski definition) is 6. The van der Waals surface area contributed by atoms with Crippen LogP contribution in [0.15, 0.2) is 54.6 Å². The van der Waals surface area contributed by atoms with Crippen LogP contribution in [0.3, 0.4) is 0 Å². The number of amides is 2. The molecule has 3 N–H and O–H groups in total. The molecule has 142 valence electrons. The second-order valence-electron chi connectivity index (χ2n) is 6.20. The highest BCUT2D eigenvalue weighted by atomic mass is 16.6. The zero-order valence-electron chi connectivity index (χ0n) is 15.2. The van der Waals surface area contributed by atoms with Gasteiger partial charge in [0.25, 0.3) is 0 Å². The Morgan fingerprint density at radius 3 is 2.25 bits per heavy atom. The van der Waals surface area contributed by atoms with Gasteiger partial charge < -0.3 is 25.4 Å². The third-order valence-corrected chi connectivity index (χ3v) is 4.01. The predicted molar refractivity (Wildman–Crippen MR) is 107 cm³/mol. The number of benzene rings is 2. The number of nitrogens with zero attached hydrogens (tertiary/aromatic N) is 2. The lowest BCUT2D eigenvalue weighted by Gasteiger charge is -2.19. The van der Waals surface area contributed by atoms with Crippen LogP contribution in [0, 0.1) is 6.92 Å². The molecule has 0 saturated carbocycles. The van der Waals surface area contributed by atoms with Crippen LogP contribution in [0.2, 0.25) is 0 Å². The summed E-state index contributed by atoms with van der Waals surface area (Å²) in [5.74, 6) is 1.96. The third-order valence-electron chi connectivity index (χ3n) is 4.01. The molecule has 8 heteroatoms. The van der Waals surface area contributed by atoms with E-state index in [1.54, 1.807) is 30.3 Å². The number of carbonyl (C=O) groups excluding carboxylic acids is 1. The number of anilines is 4. The summed E-state index contributed by atoms with van der Waals surface area (Å²) in [6.07, 6.45) is 0. The molecule has 0 fully saturated rings. The fourth-order valence-electron chi connectivity index (χ4n) is 2.66. The molecule has 2 aromatic carbocycles. The van der Waals surface area contributed by atoms with Gasteiger partial charge in [-0.25, -0.2) is 4.79 Å². The Morgan fingerprint density at radius 2 is 1.50 bits per heavy atom. The smallest absolute Gasteiger partial charge is 0.323 e. The SMILES string of the molecule is Cc1ccc(Nc2ccc(NC(=O)Nc3ccc4c(c3)OCCO4)cc2)nn1. The van der Waals surface area contributed by atoms with Crippen LogP contribution in [0.5, 0.6) is 11.5 Å². The molecular formula is C20H19N5O3. The maximum atomic E-state index is 12.2. The van der Waals surface area contributed by atoms with Crippen molar-refractivity contribution in [3.63, 3.8) is 0 Å². The molecule has 1 aliphatic heterocycles. The maximum Gasteiger partial charge on any atom is 0.323 e. The third kappa shape index (κ3) is 4.29. The number of urea groups is 1. The van der Waals surface area contributed by atoms with Gasteiger partial charge in [0.05, 0.1) is 5.69 Å². The first-order valence-electron chi connectivity index (χ1n) is 8.81. The fraction of sp³-hybridized carbons (Fsp3) is 0.150. The van der Waals surface area contributed by atoms with Crippen LogP contribution in [0.4, 0.5) is 27.7 Å². The van der Waals surface area contributed by atoms with Crippen molar-refractivity contribution in [3.8, 4) is 11.5 Å². The summed E-state index contributed by atoms with van der Waals surface area (Å²) in [5.41, 5.74) is 2.98. The van der Waals surface area contributed by atoms with Gasteiger partial charge in [0.15, 0.2) is 17.3 Å². The largest absolute Gasteiger partial charge is 0.486 e. The van der Waals surface area contributed by atoms with E-state index < -0.39 is 0 Å². The van der Waals surface area contributed by atoms with Crippen LogP contribution >= 0.6 is 0 Å². The maximum absolute atomic E-state index is 12.2. The van der Waals surface area contributed by atoms with Gasteiger partial charge in [0.2, 0.25) is 0 Å². The molecule has 8 nitrogen and oxygen atoms in total. The molecule has 0 unspecified atom stereocenters. The summed E-state index contributed by atoms with van der Waals surface area (Å²) in [5, 5.41) is 16.8. The van der Waals surface area contributed by atoms with Crippen molar-refractivity contribution < 1.29 is 14.3 Å². The lowest BCUT2D eigenvalue weighted by molar-refractivity contribution is 0.171. The summed E-state index contributed by atoms with van der Waals surface area (Å²) in [4.78, 5) is 12.2. The van der Waals surface area contributed by atoms with Gasteiger partial charge in [-0.1, -0.05) is 0 Å². The summed E-state index contributed by atoms with van der Waals surface area (Å²) >= 11 is 0. The monoisotopic (exact) mass is 377 g/mol. The van der Waals surface area contributed by atoms with E-state index in [1.807, 2.05) is 31.2 Å². The van der Waals surface area contributed by atoms with Crippen molar-refractivity contribution in [2.45, 2.75) is 6.92 Å². The molecule has 0 radical (unpaired) electrons. The number of aromatic nitrogens is 2. The second-order valence-corrected chi connectivity index (χ2v) is 6.20. The van der Waals surface area contributed by atoms with Crippen molar-refractivity contribution in [1.29, 1.82) is 0 Å². The molecule has 2 amide bonds. The van der Waals surface area contributed by atoms with Crippen molar-refractivity contribution >= 4 is 28.9 Å². The topological polar surface area (TPSA) is 97.4 Å². The average Bonchev–Trinajstić information content (AvgIpc) is 2.71. The molecule has 0 atom stereocenters. The molecule has 1 aliphatic rings. The lowest BCUT2D eigenvalue weighted by atomic mass is 10.2. The average molecular weight is 377 g/mol. The molecular weight excluding hydrogens is 358 g/mol. The van der Waals surface area contributed by atoms with Gasteiger partial charge in [0, 0.05) is 23.1 Å². The summed E-state index contributed by atoms with van der Waals surface area (Å²) < 4.78 is 11.0. The number of fused-ring (bicyclic) bond motifs is 1. The number of hydrogen-bond donors (Lipinski definition) is 3. The van der Waals surface area contributed by atoms with Gasteiger partial charge in [-0.05, 0) is 55.5 Å². The zero-order chi connectivity index (χ0) is 19.3. The number of nitrogens with one attached hydrogen (secondary N) is 3. The molecule has 0 saturated heterocycles. The number of carbonyl (C=O) groups is 1. The minimum atomic E-state index is -0.346.